The van der Waals surface area contributed by atoms with Gasteiger partial charge in [-0.25, -0.2) is 9.59 Å². The zero-order valence-electron chi connectivity index (χ0n) is 8.37. The molecular formula is C10H9ClO6. The number of rotatable bonds is 4. The van der Waals surface area contributed by atoms with Gasteiger partial charge in [-0.05, 0) is 17.7 Å². The molecule has 0 heterocycles. The van der Waals surface area contributed by atoms with Crippen molar-refractivity contribution in [1.82, 2.24) is 0 Å². The van der Waals surface area contributed by atoms with Crippen LogP contribution in [0.3, 0.4) is 0 Å². The molecule has 1 aromatic carbocycles. The molecule has 92 valence electrons. The molecule has 0 aliphatic heterocycles. The van der Waals surface area contributed by atoms with Crippen molar-refractivity contribution < 1.29 is 30.0 Å². The third-order valence-corrected chi connectivity index (χ3v) is 2.44. The number of aromatic carboxylic acids is 1. The van der Waals surface area contributed by atoms with Crippen LogP contribution in [0, 0.1) is 0 Å². The molecule has 17 heavy (non-hydrogen) atoms. The van der Waals surface area contributed by atoms with E-state index in [4.69, 9.17) is 26.9 Å². The highest BCUT2D eigenvalue weighted by molar-refractivity contribution is 6.33. The van der Waals surface area contributed by atoms with Crippen LogP contribution >= 0.6 is 11.6 Å². The molecule has 1 aromatic rings. The van der Waals surface area contributed by atoms with Gasteiger partial charge in [0.25, 0.3) is 0 Å². The van der Waals surface area contributed by atoms with Crippen molar-refractivity contribution in [2.24, 2.45) is 0 Å². The van der Waals surface area contributed by atoms with E-state index >= 15 is 0 Å². The summed E-state index contributed by atoms with van der Waals surface area (Å²) in [7, 11) is 0. The highest BCUT2D eigenvalue weighted by Gasteiger charge is 2.26. The quantitative estimate of drug-likeness (QED) is 0.627. The minimum atomic E-state index is -2.03. The summed E-state index contributed by atoms with van der Waals surface area (Å²) in [6, 6.07) is 3.46. The van der Waals surface area contributed by atoms with Crippen LogP contribution in [0.5, 0.6) is 0 Å². The highest BCUT2D eigenvalue weighted by Crippen LogP contribution is 2.23. The molecule has 7 heteroatoms. The standard InChI is InChI=1S/C10H9ClO6/c11-6-2-1-4(3-5(6)9(14)15)7(12)8(13)10(16)17/h1-3,7-8,12-13H,(H,14,15)(H,16,17). The molecular weight excluding hydrogens is 252 g/mol. The van der Waals surface area contributed by atoms with E-state index in [1.54, 1.807) is 0 Å². The van der Waals surface area contributed by atoms with Gasteiger partial charge in [-0.3, -0.25) is 0 Å². The summed E-state index contributed by atoms with van der Waals surface area (Å²) in [5.74, 6) is -2.92. The Hall–Kier alpha value is -1.63. The summed E-state index contributed by atoms with van der Waals surface area (Å²) in [6.07, 6.45) is -3.75. The molecule has 0 fully saturated rings. The molecule has 0 radical (unpaired) electrons. The van der Waals surface area contributed by atoms with E-state index in [0.29, 0.717) is 0 Å². The Balaban J connectivity index is 3.11. The molecule has 2 unspecified atom stereocenters. The first-order valence-corrected chi connectivity index (χ1v) is 4.84. The number of hydrogen-bond acceptors (Lipinski definition) is 4. The monoisotopic (exact) mass is 260 g/mol. The lowest BCUT2D eigenvalue weighted by molar-refractivity contribution is -0.153. The fourth-order valence-electron chi connectivity index (χ4n) is 1.21. The summed E-state index contributed by atoms with van der Waals surface area (Å²) < 4.78 is 0. The molecule has 0 aliphatic carbocycles. The average Bonchev–Trinajstić information content (AvgIpc) is 2.27. The Bertz CT molecular complexity index is 458. The molecule has 0 bridgehead atoms. The summed E-state index contributed by atoms with van der Waals surface area (Å²) >= 11 is 5.60. The zero-order chi connectivity index (χ0) is 13.2. The second-order valence-electron chi connectivity index (χ2n) is 3.27. The lowest BCUT2D eigenvalue weighted by atomic mass is 10.0. The van der Waals surface area contributed by atoms with Crippen molar-refractivity contribution in [3.05, 3.63) is 34.3 Å². The summed E-state index contributed by atoms with van der Waals surface area (Å²) in [5, 5.41) is 35.8. The van der Waals surface area contributed by atoms with Crippen LogP contribution in [0.4, 0.5) is 0 Å². The number of carboxylic acids is 2. The van der Waals surface area contributed by atoms with Gasteiger partial charge in [0.2, 0.25) is 0 Å². The Morgan fingerprint density at radius 2 is 1.76 bits per heavy atom. The largest absolute Gasteiger partial charge is 0.479 e. The predicted molar refractivity (Wildman–Crippen MR) is 57.0 cm³/mol. The third kappa shape index (κ3) is 2.94. The smallest absolute Gasteiger partial charge is 0.337 e. The molecule has 0 saturated heterocycles. The lowest BCUT2D eigenvalue weighted by Gasteiger charge is -2.15. The van der Waals surface area contributed by atoms with E-state index < -0.39 is 24.1 Å². The lowest BCUT2D eigenvalue weighted by Crippen LogP contribution is -2.27. The number of hydrogen-bond donors (Lipinski definition) is 4. The number of aliphatic hydroxyl groups is 2. The van der Waals surface area contributed by atoms with Crippen molar-refractivity contribution in [2.45, 2.75) is 12.2 Å². The second-order valence-corrected chi connectivity index (χ2v) is 3.68. The van der Waals surface area contributed by atoms with E-state index in [9.17, 15) is 14.7 Å². The molecule has 2 atom stereocenters. The van der Waals surface area contributed by atoms with Gasteiger partial charge in [-0.2, -0.15) is 0 Å². The van der Waals surface area contributed by atoms with Gasteiger partial charge < -0.3 is 20.4 Å². The van der Waals surface area contributed by atoms with Crippen molar-refractivity contribution in [1.29, 1.82) is 0 Å². The van der Waals surface area contributed by atoms with Gasteiger partial charge in [-0.1, -0.05) is 17.7 Å². The molecule has 1 rings (SSSR count). The maximum absolute atomic E-state index is 10.8. The molecule has 0 aromatic heterocycles. The van der Waals surface area contributed by atoms with E-state index in [0.717, 1.165) is 6.07 Å². The molecule has 0 amide bonds. The predicted octanol–water partition coefficient (Wildman–Crippen LogP) is 0.517. The van der Waals surface area contributed by atoms with Crippen LogP contribution in [-0.2, 0) is 4.79 Å². The number of carbonyl (C=O) groups is 2. The van der Waals surface area contributed by atoms with Crippen LogP contribution < -0.4 is 0 Å². The number of aliphatic hydroxyl groups excluding tert-OH is 2. The van der Waals surface area contributed by atoms with Gasteiger partial charge >= 0.3 is 11.9 Å². The SMILES string of the molecule is O=C(O)c1cc(C(O)C(O)C(=O)O)ccc1Cl. The number of halogens is 1. The van der Waals surface area contributed by atoms with Crippen molar-refractivity contribution in [3.8, 4) is 0 Å². The Morgan fingerprint density at radius 1 is 1.18 bits per heavy atom. The zero-order valence-corrected chi connectivity index (χ0v) is 9.13. The van der Waals surface area contributed by atoms with Crippen molar-refractivity contribution >= 4 is 23.5 Å². The highest BCUT2D eigenvalue weighted by atomic mass is 35.5. The Labute approximate surface area is 101 Å². The van der Waals surface area contributed by atoms with Gasteiger partial charge in [0.1, 0.15) is 6.10 Å². The minimum absolute atomic E-state index is 0.0401. The van der Waals surface area contributed by atoms with E-state index in [-0.39, 0.29) is 16.1 Å². The van der Waals surface area contributed by atoms with E-state index in [1.165, 1.54) is 12.1 Å². The molecule has 0 spiro atoms. The third-order valence-electron chi connectivity index (χ3n) is 2.11. The van der Waals surface area contributed by atoms with E-state index in [1.807, 2.05) is 0 Å². The average molecular weight is 261 g/mol. The molecule has 0 saturated carbocycles. The Kier molecular flexibility index (Phi) is 4.06. The van der Waals surface area contributed by atoms with Gasteiger partial charge in [0.05, 0.1) is 10.6 Å². The molecule has 0 aliphatic rings. The first-order valence-electron chi connectivity index (χ1n) is 4.46. The maximum atomic E-state index is 10.8. The molecule has 6 nitrogen and oxygen atoms in total. The summed E-state index contributed by atoms with van der Waals surface area (Å²) in [6.45, 7) is 0. The van der Waals surface area contributed by atoms with Gasteiger partial charge in [0, 0.05) is 0 Å². The topological polar surface area (TPSA) is 115 Å². The second kappa shape index (κ2) is 5.13. The normalized spacial score (nSPS) is 14.1. The van der Waals surface area contributed by atoms with Gasteiger partial charge in [-0.15, -0.1) is 0 Å². The van der Waals surface area contributed by atoms with Crippen LogP contribution in [0.25, 0.3) is 0 Å². The Morgan fingerprint density at radius 3 is 2.24 bits per heavy atom. The fraction of sp³-hybridized carbons (Fsp3) is 0.200. The maximum Gasteiger partial charge on any atom is 0.337 e. The number of benzene rings is 1. The van der Waals surface area contributed by atoms with Crippen LogP contribution in [0.15, 0.2) is 18.2 Å². The van der Waals surface area contributed by atoms with Gasteiger partial charge in [0.15, 0.2) is 6.10 Å². The summed E-state index contributed by atoms with van der Waals surface area (Å²) in [5.41, 5.74) is -0.317. The van der Waals surface area contributed by atoms with Crippen molar-refractivity contribution in [3.63, 3.8) is 0 Å². The minimum Gasteiger partial charge on any atom is -0.479 e. The molecule has 4 N–H and O–H groups in total. The summed E-state index contributed by atoms with van der Waals surface area (Å²) in [4.78, 5) is 21.2. The van der Waals surface area contributed by atoms with Crippen LogP contribution in [0.1, 0.15) is 22.0 Å². The fourth-order valence-corrected chi connectivity index (χ4v) is 1.41. The van der Waals surface area contributed by atoms with Crippen LogP contribution in [-0.4, -0.2) is 38.5 Å². The number of aliphatic carboxylic acids is 1. The number of carboxylic acid groups (broad SMARTS) is 2. The first-order chi connectivity index (χ1) is 7.84. The van der Waals surface area contributed by atoms with Crippen molar-refractivity contribution in [2.75, 3.05) is 0 Å². The first kappa shape index (κ1) is 13.4. The van der Waals surface area contributed by atoms with Crippen LogP contribution in [0.2, 0.25) is 5.02 Å². The van der Waals surface area contributed by atoms with E-state index in [2.05, 4.69) is 0 Å².